The van der Waals surface area contributed by atoms with Crippen molar-refractivity contribution in [1.29, 1.82) is 0 Å². The molecule has 1 atom stereocenters. The van der Waals surface area contributed by atoms with Crippen LogP contribution in [0.4, 0.5) is 0 Å². The summed E-state index contributed by atoms with van der Waals surface area (Å²) < 4.78 is 33.5. The minimum atomic E-state index is -3.92. The fraction of sp³-hybridized carbons (Fsp3) is 0.259. The number of ether oxygens (including phenoxy) is 1. The lowest BCUT2D eigenvalue weighted by Crippen LogP contribution is -2.48. The largest absolute Gasteiger partial charge is 0.482 e. The second-order valence-electron chi connectivity index (χ2n) is 8.25. The van der Waals surface area contributed by atoms with E-state index in [1.165, 1.54) is 17.7 Å². The summed E-state index contributed by atoms with van der Waals surface area (Å²) in [4.78, 5) is 23.8. The molecular weight excluding hydrogens is 480 g/mol. The Morgan fingerprint density at radius 2 is 1.47 bits per heavy atom. The van der Waals surface area contributed by atoms with E-state index in [1.54, 1.807) is 42.5 Å². The van der Waals surface area contributed by atoms with Gasteiger partial charge in [-0.1, -0.05) is 60.7 Å². The second kappa shape index (κ2) is 13.4. The fourth-order valence-corrected chi connectivity index (χ4v) is 4.80. The average Bonchev–Trinajstić information content (AvgIpc) is 2.88. The van der Waals surface area contributed by atoms with Crippen LogP contribution in [0.5, 0.6) is 5.75 Å². The Hall–Kier alpha value is -3.69. The summed E-state index contributed by atoms with van der Waals surface area (Å²) in [6.45, 7) is -0.0390. The third-order valence-corrected chi connectivity index (χ3v) is 6.91. The molecule has 0 bridgehead atoms. The lowest BCUT2D eigenvalue weighted by molar-refractivity contribution is -0.139. The smallest absolute Gasteiger partial charge is 0.341 e. The SMILES string of the molecule is O=C(O)COc1ccc(CC(NS(=O)(=O)c2ccccc2)C(=O)NCCCCc2ccccc2)cc1. The zero-order valence-electron chi connectivity index (χ0n) is 19.8. The molecule has 0 radical (unpaired) electrons. The molecule has 0 aliphatic carbocycles. The number of unbranched alkanes of at least 4 members (excludes halogenated alkanes) is 1. The molecule has 36 heavy (non-hydrogen) atoms. The molecule has 0 aromatic heterocycles. The van der Waals surface area contributed by atoms with E-state index in [4.69, 9.17) is 9.84 Å². The third-order valence-electron chi connectivity index (χ3n) is 5.43. The molecule has 0 heterocycles. The van der Waals surface area contributed by atoms with Crippen LogP contribution >= 0.6 is 0 Å². The van der Waals surface area contributed by atoms with E-state index in [2.05, 4.69) is 22.2 Å². The van der Waals surface area contributed by atoms with Gasteiger partial charge in [0.15, 0.2) is 6.61 Å². The van der Waals surface area contributed by atoms with Crippen LogP contribution < -0.4 is 14.8 Å². The lowest BCUT2D eigenvalue weighted by Gasteiger charge is -2.19. The van der Waals surface area contributed by atoms with E-state index in [9.17, 15) is 18.0 Å². The first kappa shape index (κ1) is 26.9. The van der Waals surface area contributed by atoms with Gasteiger partial charge in [-0.05, 0) is 61.1 Å². The topological polar surface area (TPSA) is 122 Å². The minimum absolute atomic E-state index is 0.0723. The molecule has 3 aromatic rings. The van der Waals surface area contributed by atoms with E-state index >= 15 is 0 Å². The van der Waals surface area contributed by atoms with Gasteiger partial charge in [-0.15, -0.1) is 0 Å². The van der Waals surface area contributed by atoms with Crippen LogP contribution in [-0.4, -0.2) is 44.6 Å². The Labute approximate surface area is 211 Å². The van der Waals surface area contributed by atoms with Crippen molar-refractivity contribution in [2.75, 3.05) is 13.2 Å². The van der Waals surface area contributed by atoms with Crippen LogP contribution in [0.15, 0.2) is 89.8 Å². The number of benzene rings is 3. The number of hydrogen-bond donors (Lipinski definition) is 3. The summed E-state index contributed by atoms with van der Waals surface area (Å²) in [7, 11) is -3.92. The summed E-state index contributed by atoms with van der Waals surface area (Å²) in [5.41, 5.74) is 1.92. The number of hydrogen-bond acceptors (Lipinski definition) is 5. The van der Waals surface area contributed by atoms with Gasteiger partial charge in [0.05, 0.1) is 4.90 Å². The molecule has 0 aliphatic heterocycles. The number of carboxylic acid groups (broad SMARTS) is 1. The number of carboxylic acids is 1. The highest BCUT2D eigenvalue weighted by atomic mass is 32.2. The molecule has 8 nitrogen and oxygen atoms in total. The molecule has 3 aromatic carbocycles. The van der Waals surface area contributed by atoms with Gasteiger partial charge in [0.2, 0.25) is 15.9 Å². The number of carbonyl (C=O) groups excluding carboxylic acids is 1. The lowest BCUT2D eigenvalue weighted by atomic mass is 10.1. The predicted octanol–water partition coefficient (Wildman–Crippen LogP) is 3.18. The standard InChI is InChI=1S/C27H30N2O6S/c30-26(31)20-35-23-16-14-22(15-17-23)19-25(29-36(33,34)24-12-5-2-6-13-24)27(32)28-18-8-7-11-21-9-3-1-4-10-21/h1-6,9-10,12-17,25,29H,7-8,11,18-20H2,(H,28,32)(H,30,31). The first-order chi connectivity index (χ1) is 17.3. The van der Waals surface area contributed by atoms with Crippen molar-refractivity contribution < 1.29 is 27.9 Å². The Bertz CT molecular complexity index is 1220. The maximum Gasteiger partial charge on any atom is 0.341 e. The van der Waals surface area contributed by atoms with Gasteiger partial charge in [-0.3, -0.25) is 4.79 Å². The van der Waals surface area contributed by atoms with Gasteiger partial charge >= 0.3 is 5.97 Å². The van der Waals surface area contributed by atoms with Gasteiger partial charge in [0.1, 0.15) is 11.8 Å². The third kappa shape index (κ3) is 8.83. The van der Waals surface area contributed by atoms with E-state index in [1.807, 2.05) is 18.2 Å². The van der Waals surface area contributed by atoms with Crippen LogP contribution in [0.1, 0.15) is 24.0 Å². The predicted molar refractivity (Wildman–Crippen MR) is 136 cm³/mol. The van der Waals surface area contributed by atoms with Gasteiger partial charge in [0.25, 0.3) is 0 Å². The van der Waals surface area contributed by atoms with E-state index in [-0.39, 0.29) is 11.3 Å². The number of aliphatic carboxylic acids is 1. The first-order valence-corrected chi connectivity index (χ1v) is 13.1. The van der Waals surface area contributed by atoms with Crippen molar-refractivity contribution in [3.63, 3.8) is 0 Å². The first-order valence-electron chi connectivity index (χ1n) is 11.7. The van der Waals surface area contributed by atoms with Crippen LogP contribution in [0.25, 0.3) is 0 Å². The zero-order valence-corrected chi connectivity index (χ0v) is 20.6. The van der Waals surface area contributed by atoms with Gasteiger partial charge < -0.3 is 15.2 Å². The number of sulfonamides is 1. The molecule has 0 fully saturated rings. The summed E-state index contributed by atoms with van der Waals surface area (Å²) in [6, 6.07) is 23.4. The quantitative estimate of drug-likeness (QED) is 0.287. The monoisotopic (exact) mass is 510 g/mol. The fourth-order valence-electron chi connectivity index (χ4n) is 3.58. The highest BCUT2D eigenvalue weighted by molar-refractivity contribution is 7.89. The Morgan fingerprint density at radius 1 is 0.833 bits per heavy atom. The minimum Gasteiger partial charge on any atom is -0.482 e. The molecular formula is C27H30N2O6S. The Morgan fingerprint density at radius 3 is 2.11 bits per heavy atom. The van der Waals surface area contributed by atoms with E-state index < -0.39 is 34.5 Å². The van der Waals surface area contributed by atoms with Crippen LogP contribution in [0.2, 0.25) is 0 Å². The van der Waals surface area contributed by atoms with Crippen molar-refractivity contribution in [2.45, 2.75) is 36.6 Å². The van der Waals surface area contributed by atoms with Crippen LogP contribution in [0, 0.1) is 0 Å². The molecule has 9 heteroatoms. The molecule has 0 saturated heterocycles. The molecule has 0 aliphatic rings. The van der Waals surface area contributed by atoms with E-state index in [0.29, 0.717) is 17.9 Å². The number of nitrogens with one attached hydrogen (secondary N) is 2. The van der Waals surface area contributed by atoms with Crippen molar-refractivity contribution >= 4 is 21.9 Å². The highest BCUT2D eigenvalue weighted by Crippen LogP contribution is 2.15. The maximum absolute atomic E-state index is 13.0. The van der Waals surface area contributed by atoms with Crippen molar-refractivity contribution in [2.24, 2.45) is 0 Å². The Balaban J connectivity index is 1.63. The normalized spacial score (nSPS) is 12.0. The second-order valence-corrected chi connectivity index (χ2v) is 9.97. The van der Waals surface area contributed by atoms with Crippen molar-refractivity contribution in [3.8, 4) is 5.75 Å². The average molecular weight is 511 g/mol. The molecule has 3 rings (SSSR count). The summed E-state index contributed by atoms with van der Waals surface area (Å²) in [5.74, 6) is -1.14. The summed E-state index contributed by atoms with van der Waals surface area (Å²) >= 11 is 0. The van der Waals surface area contributed by atoms with Gasteiger partial charge in [-0.2, -0.15) is 4.72 Å². The van der Waals surface area contributed by atoms with Crippen molar-refractivity contribution in [1.82, 2.24) is 10.0 Å². The molecule has 0 saturated carbocycles. The summed E-state index contributed by atoms with van der Waals surface area (Å²) in [5, 5.41) is 11.6. The molecule has 1 amide bonds. The number of carbonyl (C=O) groups is 2. The molecule has 190 valence electrons. The number of amides is 1. The number of rotatable bonds is 14. The molecule has 1 unspecified atom stereocenters. The molecule has 0 spiro atoms. The van der Waals surface area contributed by atoms with E-state index in [0.717, 1.165) is 19.3 Å². The number of aryl methyl sites for hydroxylation is 1. The van der Waals surface area contributed by atoms with Crippen LogP contribution in [-0.2, 0) is 32.5 Å². The van der Waals surface area contributed by atoms with Crippen LogP contribution in [0.3, 0.4) is 0 Å². The zero-order chi connectivity index (χ0) is 25.8. The van der Waals surface area contributed by atoms with Gasteiger partial charge in [0, 0.05) is 6.54 Å². The summed E-state index contributed by atoms with van der Waals surface area (Å²) in [6.07, 6.45) is 2.66. The maximum atomic E-state index is 13.0. The highest BCUT2D eigenvalue weighted by Gasteiger charge is 2.26. The Kier molecular flexibility index (Phi) is 10.0. The van der Waals surface area contributed by atoms with Gasteiger partial charge in [-0.25, -0.2) is 13.2 Å². The van der Waals surface area contributed by atoms with Crippen molar-refractivity contribution in [3.05, 3.63) is 96.1 Å². The molecule has 3 N–H and O–H groups in total.